The summed E-state index contributed by atoms with van der Waals surface area (Å²) in [5, 5.41) is 11.6. The Kier molecular flexibility index (Phi) is 6.39. The lowest BCUT2D eigenvalue weighted by Gasteiger charge is -2.35. The minimum absolute atomic E-state index is 0.115. The highest BCUT2D eigenvalue weighted by Gasteiger charge is 2.23. The van der Waals surface area contributed by atoms with Crippen molar-refractivity contribution in [1.82, 2.24) is 25.2 Å². The zero-order valence-electron chi connectivity index (χ0n) is 17.2. The number of para-hydroxylation sites is 1. The third-order valence-corrected chi connectivity index (χ3v) is 5.50. The largest absolute Gasteiger partial charge is 0.497 e. The van der Waals surface area contributed by atoms with Gasteiger partial charge in [-0.05, 0) is 55.8 Å². The molecular weight excluding hydrogens is 378 g/mol. The van der Waals surface area contributed by atoms with E-state index in [0.29, 0.717) is 12.2 Å². The molecule has 2 heterocycles. The fourth-order valence-electron chi connectivity index (χ4n) is 3.85. The van der Waals surface area contributed by atoms with E-state index in [1.165, 1.54) is 35.8 Å². The molecule has 30 heavy (non-hydrogen) atoms. The van der Waals surface area contributed by atoms with Crippen LogP contribution in [0.4, 0.5) is 0 Å². The lowest BCUT2D eigenvalue weighted by Crippen LogP contribution is -2.40. The summed E-state index contributed by atoms with van der Waals surface area (Å²) in [6, 6.07) is 17.8. The number of aromatic nitrogens is 3. The number of carbonyl (C=O) groups is 1. The molecule has 7 nitrogen and oxygen atoms in total. The smallest absolute Gasteiger partial charge is 0.273 e. The number of piperidine rings is 1. The highest BCUT2D eigenvalue weighted by Crippen LogP contribution is 2.26. The molecule has 7 heteroatoms. The van der Waals surface area contributed by atoms with Gasteiger partial charge in [-0.3, -0.25) is 9.69 Å². The molecule has 0 unspecified atom stereocenters. The van der Waals surface area contributed by atoms with Crippen LogP contribution < -0.4 is 10.1 Å². The molecule has 1 aromatic heterocycles. The van der Waals surface area contributed by atoms with Crippen LogP contribution in [0.3, 0.4) is 0 Å². The monoisotopic (exact) mass is 405 g/mol. The Morgan fingerprint density at radius 1 is 1.07 bits per heavy atom. The Bertz CT molecular complexity index is 949. The number of carbonyl (C=O) groups excluding carboxylic acids is 1. The average Bonchev–Trinajstić information content (AvgIpc) is 3.31. The van der Waals surface area contributed by atoms with E-state index in [2.05, 4.69) is 32.5 Å². The Morgan fingerprint density at radius 3 is 2.50 bits per heavy atom. The van der Waals surface area contributed by atoms with Crippen molar-refractivity contribution in [2.45, 2.75) is 25.3 Å². The average molecular weight is 406 g/mol. The van der Waals surface area contributed by atoms with E-state index in [-0.39, 0.29) is 11.9 Å². The van der Waals surface area contributed by atoms with Gasteiger partial charge in [-0.25, -0.2) is 0 Å². The number of nitrogens with zero attached hydrogens (tertiary/aromatic N) is 4. The topological polar surface area (TPSA) is 72.3 Å². The molecule has 156 valence electrons. The quantitative estimate of drug-likeness (QED) is 0.653. The van der Waals surface area contributed by atoms with E-state index in [1.807, 2.05) is 42.5 Å². The van der Waals surface area contributed by atoms with Gasteiger partial charge in [0.05, 0.1) is 25.0 Å². The minimum atomic E-state index is -0.215. The van der Waals surface area contributed by atoms with E-state index < -0.39 is 0 Å². The van der Waals surface area contributed by atoms with E-state index in [9.17, 15) is 4.79 Å². The normalized spacial score (nSPS) is 15.5. The molecule has 1 atom stereocenters. The standard InChI is InChI=1S/C23H27N5O2/c1-30-20-12-10-18(11-13-20)22(27-14-6-3-7-15-27)17-24-23(29)21-16-25-28(26-21)19-8-4-2-5-9-19/h2,4-5,8-13,16,22H,3,6-7,14-15,17H2,1H3,(H,24,29)/t22-/m1/s1. The van der Waals surface area contributed by atoms with E-state index in [4.69, 9.17) is 4.74 Å². The summed E-state index contributed by atoms with van der Waals surface area (Å²) in [5.74, 6) is 0.616. The van der Waals surface area contributed by atoms with Crippen molar-refractivity contribution in [3.05, 3.63) is 72.1 Å². The molecule has 1 N–H and O–H groups in total. The molecule has 0 spiro atoms. The Morgan fingerprint density at radius 2 is 1.80 bits per heavy atom. The molecule has 0 aliphatic carbocycles. The van der Waals surface area contributed by atoms with Gasteiger partial charge in [0, 0.05) is 6.54 Å². The third-order valence-electron chi connectivity index (χ3n) is 5.50. The van der Waals surface area contributed by atoms with Crippen molar-refractivity contribution < 1.29 is 9.53 Å². The molecule has 1 fully saturated rings. The zero-order chi connectivity index (χ0) is 20.8. The maximum Gasteiger partial charge on any atom is 0.273 e. The summed E-state index contributed by atoms with van der Waals surface area (Å²) in [4.78, 5) is 16.7. The van der Waals surface area contributed by atoms with Crippen LogP contribution in [0.15, 0.2) is 60.8 Å². The first kappa shape index (κ1) is 20.1. The SMILES string of the molecule is COc1ccc([C@@H](CNC(=O)c2cnn(-c3ccccc3)n2)N2CCCCC2)cc1. The van der Waals surface area contributed by atoms with Crippen molar-refractivity contribution in [3.63, 3.8) is 0 Å². The Labute approximate surface area is 176 Å². The number of hydrogen-bond acceptors (Lipinski definition) is 5. The first-order valence-electron chi connectivity index (χ1n) is 10.4. The van der Waals surface area contributed by atoms with Crippen LogP contribution in [-0.2, 0) is 0 Å². The van der Waals surface area contributed by atoms with Crippen molar-refractivity contribution in [2.75, 3.05) is 26.7 Å². The fraction of sp³-hybridized carbons (Fsp3) is 0.348. The first-order chi connectivity index (χ1) is 14.7. The highest BCUT2D eigenvalue weighted by molar-refractivity contribution is 5.91. The molecule has 3 aromatic rings. The number of hydrogen-bond donors (Lipinski definition) is 1. The molecule has 0 radical (unpaired) electrons. The molecule has 1 aliphatic rings. The maximum absolute atomic E-state index is 12.7. The zero-order valence-corrected chi connectivity index (χ0v) is 17.2. The second kappa shape index (κ2) is 9.54. The third kappa shape index (κ3) is 4.68. The van der Waals surface area contributed by atoms with Gasteiger partial charge in [0.1, 0.15) is 5.75 Å². The Balaban J connectivity index is 1.46. The van der Waals surface area contributed by atoms with Crippen LogP contribution >= 0.6 is 0 Å². The number of ether oxygens (including phenoxy) is 1. The van der Waals surface area contributed by atoms with Crippen LogP contribution in [0.25, 0.3) is 5.69 Å². The van der Waals surface area contributed by atoms with Gasteiger partial charge < -0.3 is 10.1 Å². The summed E-state index contributed by atoms with van der Waals surface area (Å²) < 4.78 is 5.29. The van der Waals surface area contributed by atoms with Gasteiger partial charge in [-0.15, -0.1) is 5.10 Å². The summed E-state index contributed by atoms with van der Waals surface area (Å²) >= 11 is 0. The van der Waals surface area contributed by atoms with Crippen molar-refractivity contribution in [1.29, 1.82) is 0 Å². The lowest BCUT2D eigenvalue weighted by atomic mass is 10.0. The molecule has 1 aliphatic heterocycles. The molecular formula is C23H27N5O2. The second-order valence-electron chi connectivity index (χ2n) is 7.45. The van der Waals surface area contributed by atoms with E-state index in [0.717, 1.165) is 24.5 Å². The molecule has 0 bridgehead atoms. The predicted molar refractivity (Wildman–Crippen MR) is 115 cm³/mol. The van der Waals surface area contributed by atoms with Crippen molar-refractivity contribution >= 4 is 5.91 Å². The predicted octanol–water partition coefficient (Wildman–Crippen LogP) is 3.23. The summed E-state index contributed by atoms with van der Waals surface area (Å²) in [5.41, 5.74) is 2.30. The Hall–Kier alpha value is -3.19. The number of nitrogens with one attached hydrogen (secondary N) is 1. The number of likely N-dealkylation sites (tertiary alicyclic amines) is 1. The molecule has 1 amide bonds. The van der Waals surface area contributed by atoms with Crippen LogP contribution in [0.1, 0.15) is 41.4 Å². The van der Waals surface area contributed by atoms with Gasteiger partial charge in [0.25, 0.3) is 5.91 Å². The van der Waals surface area contributed by atoms with Gasteiger partial charge in [-0.2, -0.15) is 9.90 Å². The number of rotatable bonds is 7. The van der Waals surface area contributed by atoms with Crippen LogP contribution in [-0.4, -0.2) is 52.5 Å². The first-order valence-corrected chi connectivity index (χ1v) is 10.4. The number of benzene rings is 2. The summed E-state index contributed by atoms with van der Waals surface area (Å²) in [6.07, 6.45) is 5.14. The van der Waals surface area contributed by atoms with Gasteiger partial charge in [0.2, 0.25) is 0 Å². The molecule has 1 saturated heterocycles. The maximum atomic E-state index is 12.7. The molecule has 4 rings (SSSR count). The highest BCUT2D eigenvalue weighted by atomic mass is 16.5. The fourth-order valence-corrected chi connectivity index (χ4v) is 3.85. The number of amides is 1. The summed E-state index contributed by atoms with van der Waals surface area (Å²) in [7, 11) is 1.67. The van der Waals surface area contributed by atoms with Crippen molar-refractivity contribution in [2.24, 2.45) is 0 Å². The van der Waals surface area contributed by atoms with Crippen molar-refractivity contribution in [3.8, 4) is 11.4 Å². The minimum Gasteiger partial charge on any atom is -0.497 e. The second-order valence-corrected chi connectivity index (χ2v) is 7.45. The van der Waals surface area contributed by atoms with Crippen LogP contribution in [0, 0.1) is 0 Å². The molecule has 2 aromatic carbocycles. The van der Waals surface area contributed by atoms with Crippen LogP contribution in [0.5, 0.6) is 5.75 Å². The van der Waals surface area contributed by atoms with E-state index in [1.54, 1.807) is 7.11 Å². The van der Waals surface area contributed by atoms with Gasteiger partial charge >= 0.3 is 0 Å². The summed E-state index contributed by atoms with van der Waals surface area (Å²) in [6.45, 7) is 2.59. The van der Waals surface area contributed by atoms with Gasteiger partial charge in [0.15, 0.2) is 5.69 Å². The van der Waals surface area contributed by atoms with E-state index >= 15 is 0 Å². The lowest BCUT2D eigenvalue weighted by molar-refractivity contribution is 0.0919. The molecule has 0 saturated carbocycles. The number of methoxy groups -OCH3 is 1. The van der Waals surface area contributed by atoms with Crippen LogP contribution in [0.2, 0.25) is 0 Å². The van der Waals surface area contributed by atoms with Gasteiger partial charge in [-0.1, -0.05) is 36.8 Å².